The molecule has 4 nitrogen and oxygen atoms in total. The Labute approximate surface area is 116 Å². The lowest BCUT2D eigenvalue weighted by molar-refractivity contribution is -0.140. The number of carbonyl (C=O) groups is 1. The van der Waals surface area contributed by atoms with Gasteiger partial charge >= 0.3 is 5.97 Å². The van der Waals surface area contributed by atoms with Gasteiger partial charge in [-0.2, -0.15) is 0 Å². The Balaban J connectivity index is 2.90. The molecule has 0 aromatic heterocycles. The quantitative estimate of drug-likeness (QED) is 0.484. The fraction of sp³-hybridized carbons (Fsp3) is 0.800. The van der Waals surface area contributed by atoms with E-state index < -0.39 is 5.97 Å². The van der Waals surface area contributed by atoms with Crippen molar-refractivity contribution >= 4 is 5.97 Å². The summed E-state index contributed by atoms with van der Waals surface area (Å²) in [6, 6.07) is 0. The minimum absolute atomic E-state index is 0.0519. The maximum atomic E-state index is 11.7. The molecular weight excluding hydrogens is 242 g/mol. The Kier molecular flexibility index (Phi) is 5.02. The molecule has 0 aromatic rings. The highest BCUT2D eigenvalue weighted by Crippen LogP contribution is 2.34. The van der Waals surface area contributed by atoms with Gasteiger partial charge in [0, 0.05) is 11.1 Å². The van der Waals surface area contributed by atoms with E-state index in [1.165, 1.54) is 7.11 Å². The first-order valence-electron chi connectivity index (χ1n) is 6.91. The maximum absolute atomic E-state index is 11.7. The van der Waals surface area contributed by atoms with Crippen LogP contribution in [0.25, 0.3) is 0 Å². The summed E-state index contributed by atoms with van der Waals surface area (Å²) >= 11 is 0. The van der Waals surface area contributed by atoms with E-state index in [-0.39, 0.29) is 11.1 Å². The van der Waals surface area contributed by atoms with Crippen molar-refractivity contribution < 1.29 is 14.3 Å². The Morgan fingerprint density at radius 3 is 2.21 bits per heavy atom. The van der Waals surface area contributed by atoms with Crippen molar-refractivity contribution in [2.24, 2.45) is 5.92 Å². The first kappa shape index (κ1) is 16.0. The van der Waals surface area contributed by atoms with Gasteiger partial charge in [-0.3, -0.25) is 0 Å². The molecule has 1 heterocycles. The summed E-state index contributed by atoms with van der Waals surface area (Å²) in [6.45, 7) is 11.1. The van der Waals surface area contributed by atoms with Gasteiger partial charge in [0.25, 0.3) is 0 Å². The molecule has 1 saturated heterocycles. The summed E-state index contributed by atoms with van der Waals surface area (Å²) in [6.07, 6.45) is 3.88. The highest BCUT2D eigenvalue weighted by Gasteiger charge is 2.37. The largest absolute Gasteiger partial charge is 0.487 e. The number of hydrogen-bond donors (Lipinski definition) is 1. The van der Waals surface area contributed by atoms with E-state index in [0.717, 1.165) is 12.8 Å². The molecule has 0 amide bonds. The van der Waals surface area contributed by atoms with Crippen LogP contribution in [0.3, 0.4) is 0 Å². The zero-order valence-electron chi connectivity index (χ0n) is 13.0. The van der Waals surface area contributed by atoms with Crippen molar-refractivity contribution in [3.63, 3.8) is 0 Å². The normalized spacial score (nSPS) is 22.9. The van der Waals surface area contributed by atoms with Crippen LogP contribution in [0, 0.1) is 5.92 Å². The molecule has 0 atom stereocenters. The predicted molar refractivity (Wildman–Crippen MR) is 75.7 cm³/mol. The molecular formula is C15H27NO3. The summed E-state index contributed by atoms with van der Waals surface area (Å²) in [5.41, 5.74) is 0.104. The van der Waals surface area contributed by atoms with E-state index in [2.05, 4.69) is 33.0 Å². The highest BCUT2D eigenvalue weighted by atomic mass is 16.6. The van der Waals surface area contributed by atoms with Crippen molar-refractivity contribution in [2.75, 3.05) is 13.7 Å². The zero-order chi connectivity index (χ0) is 14.7. The zero-order valence-corrected chi connectivity index (χ0v) is 13.0. The average molecular weight is 269 g/mol. The van der Waals surface area contributed by atoms with Gasteiger partial charge in [0.2, 0.25) is 5.76 Å². The Bertz CT molecular complexity index is 342. The summed E-state index contributed by atoms with van der Waals surface area (Å²) in [7, 11) is 1.38. The first-order chi connectivity index (χ1) is 8.69. The summed E-state index contributed by atoms with van der Waals surface area (Å²) in [5, 5.41) is 3.62. The lowest BCUT2D eigenvalue weighted by Crippen LogP contribution is -2.57. The third kappa shape index (κ3) is 4.86. The van der Waals surface area contributed by atoms with E-state index in [4.69, 9.17) is 9.47 Å². The Hall–Kier alpha value is -1.03. The number of allylic oxidation sites excluding steroid dienone is 1. The number of esters is 1. The lowest BCUT2D eigenvalue weighted by atomic mass is 9.76. The van der Waals surface area contributed by atoms with Gasteiger partial charge in [-0.15, -0.1) is 0 Å². The molecule has 1 N–H and O–H groups in total. The molecule has 0 saturated carbocycles. The molecule has 0 unspecified atom stereocenters. The number of hydrogen-bond acceptors (Lipinski definition) is 4. The summed E-state index contributed by atoms with van der Waals surface area (Å²) < 4.78 is 10.2. The molecule has 0 bridgehead atoms. The molecule has 4 heteroatoms. The van der Waals surface area contributed by atoms with Crippen molar-refractivity contribution in [3.8, 4) is 0 Å². The fourth-order valence-corrected chi connectivity index (χ4v) is 3.16. The van der Waals surface area contributed by atoms with E-state index in [1.54, 1.807) is 0 Å². The summed E-state index contributed by atoms with van der Waals surface area (Å²) in [4.78, 5) is 11.7. The van der Waals surface area contributed by atoms with Crippen LogP contribution in [0.1, 0.15) is 47.5 Å². The van der Waals surface area contributed by atoms with Gasteiger partial charge < -0.3 is 14.8 Å². The van der Waals surface area contributed by atoms with Crippen molar-refractivity contribution in [2.45, 2.75) is 58.5 Å². The van der Waals surface area contributed by atoms with Gasteiger partial charge in [0.05, 0.1) is 13.7 Å². The van der Waals surface area contributed by atoms with Gasteiger partial charge in [-0.25, -0.2) is 4.79 Å². The number of nitrogens with one attached hydrogen (secondary N) is 1. The van der Waals surface area contributed by atoms with Crippen LogP contribution in [0.15, 0.2) is 11.8 Å². The number of piperidine rings is 1. The molecule has 1 aliphatic heterocycles. The van der Waals surface area contributed by atoms with Crippen LogP contribution < -0.4 is 5.32 Å². The van der Waals surface area contributed by atoms with Crippen LogP contribution in [0.4, 0.5) is 0 Å². The number of ether oxygens (including phenoxy) is 2. The minimum Gasteiger partial charge on any atom is -0.487 e. The standard InChI is InChI=1S/C15H27NO3/c1-7-19-12(13(17)18-6)8-11-9-14(2,3)16-15(4,5)10-11/h8,11,16H,7,9-10H2,1-6H3. The number of methoxy groups -OCH3 is 1. The second kappa shape index (κ2) is 5.95. The second-order valence-electron chi connectivity index (χ2n) is 6.52. The van der Waals surface area contributed by atoms with Gasteiger partial charge in [-0.1, -0.05) is 0 Å². The van der Waals surface area contributed by atoms with Gasteiger partial charge in [-0.05, 0) is 59.5 Å². The van der Waals surface area contributed by atoms with Gasteiger partial charge in [0.15, 0.2) is 0 Å². The Morgan fingerprint density at radius 2 is 1.79 bits per heavy atom. The smallest absolute Gasteiger partial charge is 0.372 e. The number of carbonyl (C=O) groups excluding carboxylic acids is 1. The predicted octanol–water partition coefficient (Wildman–Crippen LogP) is 2.64. The average Bonchev–Trinajstić information content (AvgIpc) is 2.23. The van der Waals surface area contributed by atoms with Gasteiger partial charge in [0.1, 0.15) is 0 Å². The van der Waals surface area contributed by atoms with E-state index in [9.17, 15) is 4.79 Å². The molecule has 0 aromatic carbocycles. The van der Waals surface area contributed by atoms with Crippen molar-refractivity contribution in [1.82, 2.24) is 5.32 Å². The molecule has 0 radical (unpaired) electrons. The fourth-order valence-electron chi connectivity index (χ4n) is 3.16. The molecule has 1 aliphatic rings. The minimum atomic E-state index is -0.393. The molecule has 1 fully saturated rings. The number of rotatable bonds is 4. The topological polar surface area (TPSA) is 47.6 Å². The van der Waals surface area contributed by atoms with Crippen LogP contribution in [-0.2, 0) is 14.3 Å². The van der Waals surface area contributed by atoms with Crippen LogP contribution in [-0.4, -0.2) is 30.8 Å². The third-order valence-electron chi connectivity index (χ3n) is 3.30. The molecule has 0 spiro atoms. The van der Waals surface area contributed by atoms with E-state index >= 15 is 0 Å². The molecule has 1 rings (SSSR count). The summed E-state index contributed by atoms with van der Waals surface area (Å²) in [5.74, 6) is 0.256. The second-order valence-corrected chi connectivity index (χ2v) is 6.52. The van der Waals surface area contributed by atoms with E-state index in [0.29, 0.717) is 18.3 Å². The maximum Gasteiger partial charge on any atom is 0.372 e. The SMILES string of the molecule is CCOC(=CC1CC(C)(C)NC(C)(C)C1)C(=O)OC. The highest BCUT2D eigenvalue weighted by molar-refractivity contribution is 5.86. The lowest BCUT2D eigenvalue weighted by Gasteiger charge is -2.45. The molecule has 19 heavy (non-hydrogen) atoms. The van der Waals surface area contributed by atoms with E-state index in [1.807, 2.05) is 13.0 Å². The van der Waals surface area contributed by atoms with Crippen LogP contribution in [0.5, 0.6) is 0 Å². The molecule has 0 aliphatic carbocycles. The van der Waals surface area contributed by atoms with Crippen molar-refractivity contribution in [1.29, 1.82) is 0 Å². The van der Waals surface area contributed by atoms with Crippen LogP contribution >= 0.6 is 0 Å². The third-order valence-corrected chi connectivity index (χ3v) is 3.30. The monoisotopic (exact) mass is 269 g/mol. The Morgan fingerprint density at radius 1 is 1.26 bits per heavy atom. The van der Waals surface area contributed by atoms with Crippen LogP contribution in [0.2, 0.25) is 0 Å². The van der Waals surface area contributed by atoms with Crippen molar-refractivity contribution in [3.05, 3.63) is 11.8 Å². The first-order valence-corrected chi connectivity index (χ1v) is 6.91. The molecule has 110 valence electrons.